The van der Waals surface area contributed by atoms with E-state index in [2.05, 4.69) is 30.1 Å². The topological polar surface area (TPSA) is 116 Å². The molecule has 0 unspecified atom stereocenters. The zero-order chi connectivity index (χ0) is 20.9. The van der Waals surface area contributed by atoms with E-state index in [0.717, 1.165) is 41.1 Å². The van der Waals surface area contributed by atoms with Gasteiger partial charge in [0.05, 0.1) is 6.61 Å². The molecule has 0 radical (unpaired) electrons. The van der Waals surface area contributed by atoms with E-state index in [0.29, 0.717) is 29.3 Å². The number of aliphatic hydroxyl groups excluding tert-OH is 1. The maximum atomic E-state index is 9.16. The van der Waals surface area contributed by atoms with Crippen LogP contribution in [-0.4, -0.2) is 69.3 Å². The molecule has 11 heteroatoms. The minimum Gasteiger partial charge on any atom is -0.399 e. The average molecular weight is 445 g/mol. The third kappa shape index (κ3) is 5.36. The number of aryl methyl sites for hydroxylation is 1. The molecule has 1 aromatic carbocycles. The number of piperazine rings is 1. The van der Waals surface area contributed by atoms with Gasteiger partial charge in [-0.05, 0) is 36.9 Å². The van der Waals surface area contributed by atoms with Crippen molar-refractivity contribution < 1.29 is 5.11 Å². The Balaban J connectivity index is 1.58. The number of aliphatic hydroxyl groups is 1. The molecular weight excluding hydrogens is 420 g/mol. The number of nitrogens with two attached hydrogens (primary N) is 1. The second kappa shape index (κ2) is 9.56. The summed E-state index contributed by atoms with van der Waals surface area (Å²) < 4.78 is 0. The molecule has 0 amide bonds. The average Bonchev–Trinajstić information content (AvgIpc) is 3.13. The van der Waals surface area contributed by atoms with Gasteiger partial charge < -0.3 is 15.7 Å². The highest BCUT2D eigenvalue weighted by atomic mass is 32.2. The molecule has 2 aromatic heterocycles. The zero-order valence-electron chi connectivity index (χ0n) is 16.7. The summed E-state index contributed by atoms with van der Waals surface area (Å²) in [4.78, 5) is 24.7. The van der Waals surface area contributed by atoms with Crippen molar-refractivity contribution in [3.63, 3.8) is 0 Å². The fourth-order valence-electron chi connectivity index (χ4n) is 3.09. The fourth-order valence-corrected chi connectivity index (χ4v) is 4.56. The first-order valence-corrected chi connectivity index (χ1v) is 11.3. The number of thiazole rings is 1. The zero-order valence-corrected chi connectivity index (χ0v) is 18.3. The Bertz CT molecular complexity index is 990. The van der Waals surface area contributed by atoms with Gasteiger partial charge in [0, 0.05) is 54.4 Å². The number of benzene rings is 1. The first-order chi connectivity index (χ1) is 14.6. The van der Waals surface area contributed by atoms with Crippen LogP contribution in [0.1, 0.15) is 4.88 Å². The van der Waals surface area contributed by atoms with E-state index in [-0.39, 0.29) is 6.61 Å². The van der Waals surface area contributed by atoms with Gasteiger partial charge >= 0.3 is 0 Å². The van der Waals surface area contributed by atoms with Crippen LogP contribution in [0.4, 0.5) is 22.7 Å². The first-order valence-electron chi connectivity index (χ1n) is 9.66. The van der Waals surface area contributed by atoms with E-state index in [1.54, 1.807) is 11.3 Å². The van der Waals surface area contributed by atoms with Gasteiger partial charge in [-0.2, -0.15) is 15.0 Å². The molecule has 1 aliphatic rings. The van der Waals surface area contributed by atoms with Crippen molar-refractivity contribution in [2.75, 3.05) is 55.3 Å². The van der Waals surface area contributed by atoms with E-state index >= 15 is 0 Å². The number of nitrogen functional groups attached to an aromatic ring is 1. The van der Waals surface area contributed by atoms with Crippen molar-refractivity contribution in [2.45, 2.75) is 17.0 Å². The molecule has 0 bridgehead atoms. The summed E-state index contributed by atoms with van der Waals surface area (Å²) in [5, 5.41) is 13.7. The maximum absolute atomic E-state index is 9.16. The van der Waals surface area contributed by atoms with Crippen molar-refractivity contribution in [3.05, 3.63) is 35.3 Å². The lowest BCUT2D eigenvalue weighted by molar-refractivity contribution is 0.188. The normalized spacial score (nSPS) is 14.8. The number of anilines is 4. The molecule has 158 valence electrons. The number of nitrogens with zero attached hydrogens (tertiary/aromatic N) is 6. The van der Waals surface area contributed by atoms with Crippen LogP contribution < -0.4 is 16.0 Å². The van der Waals surface area contributed by atoms with Gasteiger partial charge in [-0.1, -0.05) is 6.07 Å². The minimum absolute atomic E-state index is 0.175. The van der Waals surface area contributed by atoms with Crippen LogP contribution in [-0.2, 0) is 0 Å². The molecule has 4 rings (SSSR count). The van der Waals surface area contributed by atoms with Crippen molar-refractivity contribution >= 4 is 45.8 Å². The highest BCUT2D eigenvalue weighted by Gasteiger charge is 2.21. The molecule has 30 heavy (non-hydrogen) atoms. The molecule has 9 nitrogen and oxygen atoms in total. The third-order valence-electron chi connectivity index (χ3n) is 4.58. The lowest BCUT2D eigenvalue weighted by Crippen LogP contribution is -2.47. The fraction of sp³-hybridized carbons (Fsp3) is 0.368. The quantitative estimate of drug-likeness (QED) is 0.468. The molecular formula is C19H24N8OS2. The minimum atomic E-state index is 0.175. The number of β-amino-alcohol motifs (C(OH)–C–C–N with tert-alkyl or cyclic N) is 1. The highest BCUT2D eigenvalue weighted by Crippen LogP contribution is 2.29. The molecule has 1 aliphatic heterocycles. The van der Waals surface area contributed by atoms with Gasteiger partial charge in [0.1, 0.15) is 0 Å². The van der Waals surface area contributed by atoms with Gasteiger partial charge in [0.15, 0.2) is 10.3 Å². The van der Waals surface area contributed by atoms with Gasteiger partial charge in [0.25, 0.3) is 0 Å². The molecule has 0 spiro atoms. The predicted molar refractivity (Wildman–Crippen MR) is 121 cm³/mol. The molecule has 0 aliphatic carbocycles. The summed E-state index contributed by atoms with van der Waals surface area (Å²) >= 11 is 3.00. The van der Waals surface area contributed by atoms with Crippen LogP contribution in [0.15, 0.2) is 40.5 Å². The highest BCUT2D eigenvalue weighted by molar-refractivity contribution is 7.99. The Kier molecular flexibility index (Phi) is 6.62. The van der Waals surface area contributed by atoms with Crippen molar-refractivity contribution in [1.29, 1.82) is 0 Å². The largest absolute Gasteiger partial charge is 0.399 e. The SMILES string of the molecule is Cc1cnc(Nc2nc(Sc3cccc(N)c3)nc(N3CCN(CCO)CC3)n2)s1. The number of nitrogens with one attached hydrogen (secondary N) is 1. The molecule has 4 N–H and O–H groups in total. The monoisotopic (exact) mass is 444 g/mol. The van der Waals surface area contributed by atoms with Gasteiger partial charge in [-0.15, -0.1) is 11.3 Å². The van der Waals surface area contributed by atoms with Crippen molar-refractivity contribution in [1.82, 2.24) is 24.8 Å². The van der Waals surface area contributed by atoms with Crippen LogP contribution in [0, 0.1) is 6.92 Å². The predicted octanol–water partition coefficient (Wildman–Crippen LogP) is 2.23. The van der Waals surface area contributed by atoms with E-state index in [4.69, 9.17) is 15.8 Å². The first kappa shape index (κ1) is 20.8. The second-order valence-corrected chi connectivity index (χ2v) is 9.14. The number of rotatable bonds is 7. The lowest BCUT2D eigenvalue weighted by atomic mass is 10.3. The summed E-state index contributed by atoms with van der Waals surface area (Å²) in [6.45, 7) is 6.18. The van der Waals surface area contributed by atoms with Gasteiger partial charge in [-0.25, -0.2) is 4.98 Å². The summed E-state index contributed by atoms with van der Waals surface area (Å²) in [7, 11) is 0. The Labute approximate surface area is 183 Å². The van der Waals surface area contributed by atoms with Crippen LogP contribution in [0.3, 0.4) is 0 Å². The molecule has 3 heterocycles. The summed E-state index contributed by atoms with van der Waals surface area (Å²) in [5.41, 5.74) is 6.61. The standard InChI is InChI=1S/C19H24N8OS2/c1-13-12-21-18(29-13)23-16-22-17(27-7-5-26(6-8-27)9-10-28)25-19(24-16)30-15-4-2-3-14(20)11-15/h2-4,11-12,28H,5-10,20H2,1H3,(H,21,22,23,24,25). The van der Waals surface area contributed by atoms with Crippen LogP contribution in [0.2, 0.25) is 0 Å². The van der Waals surface area contributed by atoms with Crippen LogP contribution in [0.5, 0.6) is 0 Å². The Morgan fingerprint density at radius 1 is 1.20 bits per heavy atom. The van der Waals surface area contributed by atoms with E-state index in [1.165, 1.54) is 11.8 Å². The number of hydrogen-bond acceptors (Lipinski definition) is 11. The lowest BCUT2D eigenvalue weighted by Gasteiger charge is -2.34. The summed E-state index contributed by atoms with van der Waals surface area (Å²) in [6.07, 6.45) is 1.82. The summed E-state index contributed by atoms with van der Waals surface area (Å²) in [6, 6.07) is 7.65. The molecule has 0 atom stereocenters. The number of hydrogen-bond donors (Lipinski definition) is 3. The summed E-state index contributed by atoms with van der Waals surface area (Å²) in [5.74, 6) is 1.11. The van der Waals surface area contributed by atoms with Gasteiger partial charge in [-0.3, -0.25) is 10.2 Å². The molecule has 1 saturated heterocycles. The van der Waals surface area contributed by atoms with E-state index < -0.39 is 0 Å². The Morgan fingerprint density at radius 2 is 2.03 bits per heavy atom. The maximum Gasteiger partial charge on any atom is 0.234 e. The molecule has 0 saturated carbocycles. The molecule has 3 aromatic rings. The smallest absolute Gasteiger partial charge is 0.234 e. The Morgan fingerprint density at radius 3 is 2.73 bits per heavy atom. The van der Waals surface area contributed by atoms with Crippen LogP contribution in [0.25, 0.3) is 0 Å². The Hall–Kier alpha value is -2.47. The van der Waals surface area contributed by atoms with Crippen LogP contribution >= 0.6 is 23.1 Å². The van der Waals surface area contributed by atoms with E-state index in [9.17, 15) is 0 Å². The van der Waals surface area contributed by atoms with Crippen molar-refractivity contribution in [2.24, 2.45) is 0 Å². The second-order valence-electron chi connectivity index (χ2n) is 6.87. The van der Waals surface area contributed by atoms with Crippen molar-refractivity contribution in [3.8, 4) is 0 Å². The molecule has 1 fully saturated rings. The third-order valence-corrected chi connectivity index (χ3v) is 6.26. The van der Waals surface area contributed by atoms with Gasteiger partial charge in [0.2, 0.25) is 11.9 Å². The van der Waals surface area contributed by atoms with E-state index in [1.807, 2.05) is 37.4 Å². The number of aromatic nitrogens is 4.